The highest BCUT2D eigenvalue weighted by molar-refractivity contribution is 5.99. The largest absolute Gasteiger partial charge is 0.457 e. The standard InChI is InChI=1S/C23H21FN6O2/c24-15-2-1-3-17(12-15)29-23(31)28-16-4-6-18(7-5-16)32-19-8-9-20-21(13-19)30-22(14-27-20)26-11-10-25/h1-9,12-14H,10-11,25H2,(H,26,30)(H2,28,29,31). The van der Waals surface area contributed by atoms with Crippen molar-refractivity contribution in [3.63, 3.8) is 0 Å². The molecule has 4 rings (SSSR count). The number of ether oxygens (including phenoxy) is 1. The highest BCUT2D eigenvalue weighted by Crippen LogP contribution is 2.26. The number of benzene rings is 3. The Morgan fingerprint density at radius 1 is 0.938 bits per heavy atom. The van der Waals surface area contributed by atoms with Gasteiger partial charge in [0.25, 0.3) is 0 Å². The molecule has 0 fully saturated rings. The third-order valence-corrected chi connectivity index (χ3v) is 4.39. The van der Waals surface area contributed by atoms with Crippen LogP contribution in [-0.2, 0) is 0 Å². The van der Waals surface area contributed by atoms with Gasteiger partial charge in [-0.15, -0.1) is 0 Å². The number of urea groups is 1. The fourth-order valence-electron chi connectivity index (χ4n) is 2.94. The van der Waals surface area contributed by atoms with Gasteiger partial charge in [-0.25, -0.2) is 14.2 Å². The van der Waals surface area contributed by atoms with Crippen LogP contribution in [0, 0.1) is 5.82 Å². The van der Waals surface area contributed by atoms with Crippen molar-refractivity contribution in [3.05, 3.63) is 78.7 Å². The molecule has 3 aromatic carbocycles. The molecule has 4 aromatic rings. The molecular weight excluding hydrogens is 411 g/mol. The van der Waals surface area contributed by atoms with E-state index in [1.807, 2.05) is 12.1 Å². The predicted molar refractivity (Wildman–Crippen MR) is 123 cm³/mol. The van der Waals surface area contributed by atoms with Crippen LogP contribution in [0.25, 0.3) is 11.0 Å². The topological polar surface area (TPSA) is 114 Å². The van der Waals surface area contributed by atoms with Crippen molar-refractivity contribution in [2.24, 2.45) is 5.73 Å². The number of amides is 2. The molecule has 0 radical (unpaired) electrons. The van der Waals surface area contributed by atoms with Crippen molar-refractivity contribution in [2.75, 3.05) is 29.0 Å². The SMILES string of the molecule is NCCNc1cnc2ccc(Oc3ccc(NC(=O)Nc4cccc(F)c4)cc3)cc2n1. The summed E-state index contributed by atoms with van der Waals surface area (Å²) in [7, 11) is 0. The first-order valence-electron chi connectivity index (χ1n) is 9.91. The number of hydrogen-bond donors (Lipinski definition) is 4. The maximum Gasteiger partial charge on any atom is 0.323 e. The van der Waals surface area contributed by atoms with Gasteiger partial charge in [-0.3, -0.25) is 4.98 Å². The maximum atomic E-state index is 13.2. The van der Waals surface area contributed by atoms with Gasteiger partial charge in [-0.1, -0.05) is 6.07 Å². The summed E-state index contributed by atoms with van der Waals surface area (Å²) in [4.78, 5) is 21.0. The van der Waals surface area contributed by atoms with E-state index < -0.39 is 11.8 Å². The maximum absolute atomic E-state index is 13.2. The van der Waals surface area contributed by atoms with E-state index in [0.717, 1.165) is 5.52 Å². The van der Waals surface area contributed by atoms with Gasteiger partial charge in [-0.2, -0.15) is 0 Å². The van der Waals surface area contributed by atoms with Gasteiger partial charge in [0.05, 0.1) is 17.2 Å². The van der Waals surface area contributed by atoms with Crippen molar-refractivity contribution in [1.29, 1.82) is 0 Å². The number of anilines is 3. The Morgan fingerprint density at radius 3 is 2.50 bits per heavy atom. The first-order valence-corrected chi connectivity index (χ1v) is 9.91. The minimum Gasteiger partial charge on any atom is -0.457 e. The van der Waals surface area contributed by atoms with E-state index >= 15 is 0 Å². The van der Waals surface area contributed by atoms with E-state index in [-0.39, 0.29) is 0 Å². The summed E-state index contributed by atoms with van der Waals surface area (Å²) >= 11 is 0. The Hall–Kier alpha value is -4.24. The van der Waals surface area contributed by atoms with Crippen LogP contribution in [0.3, 0.4) is 0 Å². The van der Waals surface area contributed by atoms with Crippen LogP contribution in [0.1, 0.15) is 0 Å². The number of rotatable bonds is 7. The quantitative estimate of drug-likeness (QED) is 0.340. The molecule has 0 aliphatic heterocycles. The molecule has 0 aliphatic carbocycles. The van der Waals surface area contributed by atoms with Crippen molar-refractivity contribution < 1.29 is 13.9 Å². The Morgan fingerprint density at radius 2 is 1.72 bits per heavy atom. The molecule has 0 atom stereocenters. The Bertz CT molecular complexity index is 1230. The van der Waals surface area contributed by atoms with Crippen molar-refractivity contribution >= 4 is 34.3 Å². The van der Waals surface area contributed by atoms with Gasteiger partial charge in [0, 0.05) is 30.5 Å². The number of nitrogens with one attached hydrogen (secondary N) is 3. The van der Waals surface area contributed by atoms with Gasteiger partial charge in [0.15, 0.2) is 0 Å². The molecule has 2 amide bonds. The van der Waals surface area contributed by atoms with Gasteiger partial charge < -0.3 is 26.4 Å². The monoisotopic (exact) mass is 432 g/mol. The van der Waals surface area contributed by atoms with E-state index in [9.17, 15) is 9.18 Å². The summed E-state index contributed by atoms with van der Waals surface area (Å²) in [6.45, 7) is 1.11. The third-order valence-electron chi connectivity index (χ3n) is 4.39. The summed E-state index contributed by atoms with van der Waals surface area (Å²) < 4.78 is 19.1. The highest BCUT2D eigenvalue weighted by atomic mass is 19.1. The van der Waals surface area contributed by atoms with Crippen LogP contribution >= 0.6 is 0 Å². The molecule has 8 nitrogen and oxygen atoms in total. The highest BCUT2D eigenvalue weighted by Gasteiger charge is 2.06. The molecule has 0 spiro atoms. The fraction of sp³-hybridized carbons (Fsp3) is 0.0870. The van der Waals surface area contributed by atoms with Crippen LogP contribution < -0.4 is 26.4 Å². The zero-order chi connectivity index (χ0) is 22.3. The average Bonchev–Trinajstić information content (AvgIpc) is 2.78. The number of carbonyl (C=O) groups excluding carboxylic acids is 1. The number of nitrogens with two attached hydrogens (primary N) is 1. The molecule has 32 heavy (non-hydrogen) atoms. The molecule has 9 heteroatoms. The Kier molecular flexibility index (Phi) is 6.38. The van der Waals surface area contributed by atoms with Crippen LogP contribution in [0.2, 0.25) is 0 Å². The van der Waals surface area contributed by atoms with E-state index in [1.165, 1.54) is 18.2 Å². The minimum absolute atomic E-state index is 0.364. The number of aromatic nitrogens is 2. The number of nitrogens with zero attached hydrogens (tertiary/aromatic N) is 2. The molecule has 0 bridgehead atoms. The first-order chi connectivity index (χ1) is 15.6. The lowest BCUT2D eigenvalue weighted by Gasteiger charge is -2.10. The van der Waals surface area contributed by atoms with Crippen molar-refractivity contribution in [3.8, 4) is 11.5 Å². The molecular formula is C23H21FN6O2. The third kappa shape index (κ3) is 5.46. The zero-order valence-electron chi connectivity index (χ0n) is 17.0. The molecule has 0 saturated heterocycles. The van der Waals surface area contributed by atoms with E-state index in [2.05, 4.69) is 25.9 Å². The predicted octanol–water partition coefficient (Wildman–Crippen LogP) is 4.58. The lowest BCUT2D eigenvalue weighted by Crippen LogP contribution is -2.19. The van der Waals surface area contributed by atoms with Crippen LogP contribution in [-0.4, -0.2) is 29.1 Å². The second-order valence-electron chi connectivity index (χ2n) is 6.84. The van der Waals surface area contributed by atoms with E-state index in [4.69, 9.17) is 10.5 Å². The lowest BCUT2D eigenvalue weighted by molar-refractivity contribution is 0.262. The summed E-state index contributed by atoms with van der Waals surface area (Å²) in [6, 6.07) is 17.5. The molecule has 0 unspecified atom stereocenters. The van der Waals surface area contributed by atoms with Crippen LogP contribution in [0.4, 0.5) is 26.4 Å². The molecule has 0 aliphatic rings. The molecule has 0 saturated carbocycles. The lowest BCUT2D eigenvalue weighted by atomic mass is 10.2. The van der Waals surface area contributed by atoms with Crippen molar-refractivity contribution in [1.82, 2.24) is 9.97 Å². The average molecular weight is 432 g/mol. The second kappa shape index (κ2) is 9.71. The Labute approximate surface area is 183 Å². The molecule has 1 heterocycles. The molecule has 5 N–H and O–H groups in total. The van der Waals surface area contributed by atoms with Gasteiger partial charge in [0.2, 0.25) is 0 Å². The first kappa shape index (κ1) is 21.0. The fourth-order valence-corrected chi connectivity index (χ4v) is 2.94. The number of hydrogen-bond acceptors (Lipinski definition) is 6. The molecule has 1 aromatic heterocycles. The summed E-state index contributed by atoms with van der Waals surface area (Å²) in [6.07, 6.45) is 1.66. The molecule has 162 valence electrons. The van der Waals surface area contributed by atoms with Gasteiger partial charge in [0.1, 0.15) is 23.1 Å². The van der Waals surface area contributed by atoms with Crippen LogP contribution in [0.5, 0.6) is 11.5 Å². The minimum atomic E-state index is -0.476. The summed E-state index contributed by atoms with van der Waals surface area (Å²) in [5, 5.41) is 8.36. The smallest absolute Gasteiger partial charge is 0.323 e. The van der Waals surface area contributed by atoms with E-state index in [1.54, 1.807) is 42.6 Å². The normalized spacial score (nSPS) is 10.6. The Balaban J connectivity index is 1.39. The van der Waals surface area contributed by atoms with Crippen LogP contribution in [0.15, 0.2) is 72.9 Å². The second-order valence-corrected chi connectivity index (χ2v) is 6.84. The summed E-state index contributed by atoms with van der Waals surface area (Å²) in [5.74, 6) is 1.41. The number of carbonyl (C=O) groups is 1. The van der Waals surface area contributed by atoms with Gasteiger partial charge >= 0.3 is 6.03 Å². The summed E-state index contributed by atoms with van der Waals surface area (Å²) in [5.41, 5.74) is 7.87. The van der Waals surface area contributed by atoms with Crippen molar-refractivity contribution in [2.45, 2.75) is 0 Å². The zero-order valence-corrected chi connectivity index (χ0v) is 17.0. The number of fused-ring (bicyclic) bond motifs is 1. The van der Waals surface area contributed by atoms with E-state index in [0.29, 0.717) is 47.3 Å². The van der Waals surface area contributed by atoms with Gasteiger partial charge in [-0.05, 0) is 54.6 Å². The number of halogens is 1.